The van der Waals surface area contributed by atoms with Gasteiger partial charge in [0.2, 0.25) is 5.13 Å². The van der Waals surface area contributed by atoms with E-state index >= 15 is 0 Å². The van der Waals surface area contributed by atoms with Crippen molar-refractivity contribution in [3.05, 3.63) is 63.3 Å². The van der Waals surface area contributed by atoms with Crippen molar-refractivity contribution in [2.75, 3.05) is 0 Å². The van der Waals surface area contributed by atoms with E-state index in [1.807, 2.05) is 55.5 Å². The summed E-state index contributed by atoms with van der Waals surface area (Å²) >= 11 is 8.36. The Kier molecular flexibility index (Phi) is 4.49. The van der Waals surface area contributed by atoms with Crippen LogP contribution in [0.2, 0.25) is 0 Å². The molecule has 0 radical (unpaired) electrons. The van der Waals surface area contributed by atoms with Crippen LogP contribution in [0, 0.1) is 6.92 Å². The summed E-state index contributed by atoms with van der Waals surface area (Å²) in [5, 5.41) is 14.7. The van der Waals surface area contributed by atoms with Crippen LogP contribution in [-0.2, 0) is 0 Å². The number of rotatable bonds is 3. The first-order valence-corrected chi connectivity index (χ1v) is 9.80. The van der Waals surface area contributed by atoms with Gasteiger partial charge in [-0.05, 0) is 31.2 Å². The molecule has 8 heteroatoms. The van der Waals surface area contributed by atoms with E-state index in [2.05, 4.69) is 52.1 Å². The van der Waals surface area contributed by atoms with E-state index in [0.29, 0.717) is 11.0 Å². The Balaban J connectivity index is 1.69. The molecule has 0 bridgehead atoms. The fraction of sp³-hybridized carbons (Fsp3) is 0.0588. The van der Waals surface area contributed by atoms with Gasteiger partial charge in [-0.3, -0.25) is 0 Å². The van der Waals surface area contributed by atoms with Crippen LogP contribution in [0.1, 0.15) is 5.82 Å². The average molecular weight is 477 g/mol. The highest BCUT2D eigenvalue weighted by molar-refractivity contribution is 9.10. The maximum atomic E-state index is 4.59. The van der Waals surface area contributed by atoms with E-state index in [1.54, 1.807) is 4.68 Å². The number of halogens is 2. The molecule has 5 nitrogen and oxygen atoms in total. The van der Waals surface area contributed by atoms with Crippen molar-refractivity contribution in [2.24, 2.45) is 0 Å². The van der Waals surface area contributed by atoms with Gasteiger partial charge in [-0.25, -0.2) is 4.98 Å². The number of aryl methyl sites for hydroxylation is 1. The third-order valence-corrected chi connectivity index (χ3v) is 5.56. The molecule has 2 aromatic carbocycles. The third kappa shape index (κ3) is 3.42. The van der Waals surface area contributed by atoms with Crippen molar-refractivity contribution >= 4 is 43.2 Å². The van der Waals surface area contributed by atoms with E-state index in [-0.39, 0.29) is 0 Å². The van der Waals surface area contributed by atoms with Gasteiger partial charge >= 0.3 is 0 Å². The quantitative estimate of drug-likeness (QED) is 0.403. The van der Waals surface area contributed by atoms with Crippen LogP contribution in [0.15, 0.2) is 57.5 Å². The minimum atomic E-state index is 0.672. The summed E-state index contributed by atoms with van der Waals surface area (Å²) in [5.41, 5.74) is 1.99. The SMILES string of the molecule is Cc1nc(-c2ccc(Br)cc2)nn1-c1nnc(-c2ccc(Br)cc2)s1. The largest absolute Gasteiger partial charge is 0.234 e. The molecule has 2 aromatic heterocycles. The molecule has 0 amide bonds. The minimum Gasteiger partial charge on any atom is -0.212 e. The maximum Gasteiger partial charge on any atom is 0.234 e. The van der Waals surface area contributed by atoms with E-state index in [9.17, 15) is 0 Å². The molecule has 4 aromatic rings. The van der Waals surface area contributed by atoms with Gasteiger partial charge in [0.1, 0.15) is 10.8 Å². The predicted octanol–water partition coefficient (Wildman–Crippen LogP) is 5.29. The van der Waals surface area contributed by atoms with E-state index in [0.717, 1.165) is 30.9 Å². The van der Waals surface area contributed by atoms with E-state index in [1.165, 1.54) is 11.3 Å². The molecule has 0 aliphatic heterocycles. The van der Waals surface area contributed by atoms with Gasteiger partial charge in [-0.2, -0.15) is 4.68 Å². The van der Waals surface area contributed by atoms with Gasteiger partial charge in [-0.15, -0.1) is 15.3 Å². The third-order valence-electron chi connectivity index (χ3n) is 3.56. The van der Waals surface area contributed by atoms with E-state index < -0.39 is 0 Å². The molecule has 0 fully saturated rings. The molecule has 2 heterocycles. The van der Waals surface area contributed by atoms with Crippen molar-refractivity contribution in [2.45, 2.75) is 6.92 Å². The molecular formula is C17H11Br2N5S. The van der Waals surface area contributed by atoms with Gasteiger partial charge in [0.25, 0.3) is 0 Å². The van der Waals surface area contributed by atoms with Gasteiger partial charge in [0.15, 0.2) is 5.82 Å². The topological polar surface area (TPSA) is 56.5 Å². The molecule has 0 aliphatic carbocycles. The Bertz CT molecular complexity index is 1020. The van der Waals surface area contributed by atoms with Crippen LogP contribution < -0.4 is 0 Å². The number of nitrogens with zero attached hydrogens (tertiary/aromatic N) is 5. The number of benzene rings is 2. The number of aromatic nitrogens is 5. The van der Waals surface area contributed by atoms with Crippen molar-refractivity contribution in [1.29, 1.82) is 0 Å². The molecule has 0 saturated heterocycles. The van der Waals surface area contributed by atoms with Crippen molar-refractivity contribution in [1.82, 2.24) is 25.0 Å². The molecule has 0 saturated carbocycles. The van der Waals surface area contributed by atoms with Gasteiger partial charge in [0.05, 0.1) is 0 Å². The highest BCUT2D eigenvalue weighted by Crippen LogP contribution is 2.28. The molecule has 0 unspecified atom stereocenters. The first-order valence-electron chi connectivity index (χ1n) is 7.39. The summed E-state index contributed by atoms with van der Waals surface area (Å²) in [6.45, 7) is 1.91. The van der Waals surface area contributed by atoms with Crippen LogP contribution in [0.5, 0.6) is 0 Å². The Morgan fingerprint density at radius 1 is 0.840 bits per heavy atom. The zero-order chi connectivity index (χ0) is 17.4. The second-order valence-electron chi connectivity index (χ2n) is 5.30. The molecule has 25 heavy (non-hydrogen) atoms. The lowest BCUT2D eigenvalue weighted by molar-refractivity contribution is 0.815. The fourth-order valence-electron chi connectivity index (χ4n) is 2.30. The number of hydrogen-bond donors (Lipinski definition) is 0. The molecule has 0 N–H and O–H groups in total. The smallest absolute Gasteiger partial charge is 0.212 e. The fourth-order valence-corrected chi connectivity index (χ4v) is 3.68. The van der Waals surface area contributed by atoms with Crippen molar-refractivity contribution in [3.8, 4) is 27.1 Å². The Morgan fingerprint density at radius 2 is 1.44 bits per heavy atom. The Morgan fingerprint density at radius 3 is 2.08 bits per heavy atom. The molecule has 4 rings (SSSR count). The standard InChI is InChI=1S/C17H11Br2N5S/c1-10-20-15(11-2-6-13(18)7-3-11)23-24(10)17-22-21-16(25-17)12-4-8-14(19)9-5-12/h2-9H,1H3. The van der Waals surface area contributed by atoms with Crippen LogP contribution in [0.25, 0.3) is 27.1 Å². The van der Waals surface area contributed by atoms with Gasteiger partial charge in [-0.1, -0.05) is 67.5 Å². The Labute approximate surface area is 165 Å². The molecule has 0 spiro atoms. The molecule has 0 atom stereocenters. The number of hydrogen-bond acceptors (Lipinski definition) is 5. The highest BCUT2D eigenvalue weighted by Gasteiger charge is 2.14. The lowest BCUT2D eigenvalue weighted by Gasteiger charge is -1.96. The first kappa shape index (κ1) is 16.6. The summed E-state index contributed by atoms with van der Waals surface area (Å²) in [4.78, 5) is 4.55. The summed E-state index contributed by atoms with van der Waals surface area (Å²) in [5.74, 6) is 1.45. The molecular weight excluding hydrogens is 466 g/mol. The predicted molar refractivity (Wildman–Crippen MR) is 106 cm³/mol. The first-order chi connectivity index (χ1) is 12.1. The normalized spacial score (nSPS) is 11.0. The van der Waals surface area contributed by atoms with Crippen molar-refractivity contribution < 1.29 is 0 Å². The van der Waals surface area contributed by atoms with E-state index in [4.69, 9.17) is 0 Å². The second kappa shape index (κ2) is 6.78. The van der Waals surface area contributed by atoms with Crippen molar-refractivity contribution in [3.63, 3.8) is 0 Å². The second-order valence-corrected chi connectivity index (χ2v) is 8.09. The maximum absolute atomic E-state index is 4.59. The Hall–Kier alpha value is -1.90. The summed E-state index contributed by atoms with van der Waals surface area (Å²) < 4.78 is 3.79. The van der Waals surface area contributed by atoms with Crippen LogP contribution >= 0.6 is 43.2 Å². The van der Waals surface area contributed by atoms with Crippen LogP contribution in [-0.4, -0.2) is 25.0 Å². The molecule has 0 aliphatic rings. The molecule has 124 valence electrons. The summed E-state index contributed by atoms with van der Waals surface area (Å²) in [6, 6.07) is 15.9. The zero-order valence-electron chi connectivity index (χ0n) is 13.0. The van der Waals surface area contributed by atoms with Gasteiger partial charge in [0, 0.05) is 20.1 Å². The highest BCUT2D eigenvalue weighted by atomic mass is 79.9. The zero-order valence-corrected chi connectivity index (χ0v) is 17.0. The lowest BCUT2D eigenvalue weighted by atomic mass is 10.2. The van der Waals surface area contributed by atoms with Crippen LogP contribution in [0.4, 0.5) is 0 Å². The summed E-state index contributed by atoms with van der Waals surface area (Å²) in [6.07, 6.45) is 0. The monoisotopic (exact) mass is 475 g/mol. The average Bonchev–Trinajstić information content (AvgIpc) is 3.23. The summed E-state index contributed by atoms with van der Waals surface area (Å²) in [7, 11) is 0. The lowest BCUT2D eigenvalue weighted by Crippen LogP contribution is -1.98. The minimum absolute atomic E-state index is 0.672. The van der Waals surface area contributed by atoms with Gasteiger partial charge < -0.3 is 0 Å². The van der Waals surface area contributed by atoms with Crippen LogP contribution in [0.3, 0.4) is 0 Å².